The molecule has 2 nitrogen and oxygen atoms in total. The minimum atomic E-state index is -0.103. The van der Waals surface area contributed by atoms with Gasteiger partial charge in [-0.15, -0.1) is 0 Å². The van der Waals surface area contributed by atoms with Gasteiger partial charge >= 0.3 is 0 Å². The Labute approximate surface area is 391 Å². The summed E-state index contributed by atoms with van der Waals surface area (Å²) in [6.45, 7) is 4.72. The molecule has 0 amide bonds. The van der Waals surface area contributed by atoms with Crippen LogP contribution in [0.3, 0.4) is 0 Å². The SMILES string of the molecule is CC1(C)c2ccccc2-c2c(-c3ccccc3N(c3ccc(-c4ccc5c6ccccc6n(-c6ccccc6)c5c4)cc3)c3ccc(-c4cccc5c4ccc4ccccc45)cc3)cccc21. The molecule has 0 radical (unpaired) electrons. The number of aromatic nitrogens is 1. The van der Waals surface area contributed by atoms with Crippen molar-refractivity contribution in [1.29, 1.82) is 0 Å². The standard InChI is InChI=1S/C65H46N2/c1-65(2)59-26-11-8-22-58(59)64-57(25-15-27-60(64)65)55-21-10-12-28-61(55)66(49-38-32-45(33-39-49)51-23-14-24-52-50-19-7-6-16-44(50)34-40-53(51)52)48-36-30-43(31-37-48)46-35-41-56-54-20-9-13-29-62(54)67(63(56)42-46)47-17-4-3-5-18-47/h3-42H,1-2H3. The van der Waals surface area contributed by atoms with Gasteiger partial charge in [-0.2, -0.15) is 0 Å². The highest BCUT2D eigenvalue weighted by Gasteiger charge is 2.37. The van der Waals surface area contributed by atoms with E-state index in [1.54, 1.807) is 0 Å². The summed E-state index contributed by atoms with van der Waals surface area (Å²) >= 11 is 0. The molecule has 1 aliphatic carbocycles. The topological polar surface area (TPSA) is 8.17 Å². The molecule has 12 aromatic rings. The highest BCUT2D eigenvalue weighted by atomic mass is 15.1. The molecular formula is C65H46N2. The minimum absolute atomic E-state index is 0.103. The first-order chi connectivity index (χ1) is 33.0. The lowest BCUT2D eigenvalue weighted by Crippen LogP contribution is -2.14. The van der Waals surface area contributed by atoms with Crippen LogP contribution < -0.4 is 4.90 Å². The van der Waals surface area contributed by atoms with Crippen molar-refractivity contribution in [2.45, 2.75) is 19.3 Å². The van der Waals surface area contributed by atoms with E-state index in [0.29, 0.717) is 0 Å². The molecule has 2 heteroatoms. The molecule has 67 heavy (non-hydrogen) atoms. The van der Waals surface area contributed by atoms with Crippen molar-refractivity contribution in [3.8, 4) is 50.2 Å². The monoisotopic (exact) mass is 854 g/mol. The average molecular weight is 855 g/mol. The van der Waals surface area contributed by atoms with Gasteiger partial charge in [0.15, 0.2) is 0 Å². The van der Waals surface area contributed by atoms with Gasteiger partial charge in [-0.3, -0.25) is 0 Å². The van der Waals surface area contributed by atoms with Gasteiger partial charge in [-0.1, -0.05) is 202 Å². The second-order valence-corrected chi connectivity index (χ2v) is 18.5. The van der Waals surface area contributed by atoms with Crippen LogP contribution in [-0.4, -0.2) is 4.57 Å². The molecule has 11 aromatic carbocycles. The van der Waals surface area contributed by atoms with Crippen molar-refractivity contribution in [3.63, 3.8) is 0 Å². The van der Waals surface area contributed by atoms with E-state index in [4.69, 9.17) is 0 Å². The third-order valence-corrected chi connectivity index (χ3v) is 14.4. The van der Waals surface area contributed by atoms with Gasteiger partial charge in [0.2, 0.25) is 0 Å². The van der Waals surface area contributed by atoms with Crippen LogP contribution in [0.25, 0.3) is 93.5 Å². The number of hydrogen-bond acceptors (Lipinski definition) is 1. The van der Waals surface area contributed by atoms with Gasteiger partial charge < -0.3 is 9.47 Å². The Morgan fingerprint density at radius 2 is 0.910 bits per heavy atom. The number of para-hydroxylation sites is 3. The summed E-state index contributed by atoms with van der Waals surface area (Å²) in [4.78, 5) is 2.45. The normalized spacial score (nSPS) is 12.7. The first kappa shape index (κ1) is 39.0. The van der Waals surface area contributed by atoms with Crippen LogP contribution in [0, 0.1) is 0 Å². The Kier molecular flexibility index (Phi) is 8.91. The van der Waals surface area contributed by atoms with E-state index in [9.17, 15) is 0 Å². The molecule has 1 aromatic heterocycles. The molecule has 13 rings (SSSR count). The predicted octanol–water partition coefficient (Wildman–Crippen LogP) is 17.9. The first-order valence-corrected chi connectivity index (χ1v) is 23.3. The van der Waals surface area contributed by atoms with E-state index >= 15 is 0 Å². The van der Waals surface area contributed by atoms with Crippen molar-refractivity contribution in [3.05, 3.63) is 254 Å². The van der Waals surface area contributed by atoms with Gasteiger partial charge in [0, 0.05) is 38.8 Å². The summed E-state index contributed by atoms with van der Waals surface area (Å²) in [7, 11) is 0. The Morgan fingerprint density at radius 3 is 1.73 bits per heavy atom. The van der Waals surface area contributed by atoms with E-state index in [2.05, 4.69) is 266 Å². The third-order valence-electron chi connectivity index (χ3n) is 14.4. The maximum atomic E-state index is 2.45. The molecular weight excluding hydrogens is 809 g/mol. The third kappa shape index (κ3) is 6.18. The number of fused-ring (bicyclic) bond motifs is 9. The van der Waals surface area contributed by atoms with Crippen molar-refractivity contribution in [2.75, 3.05) is 4.90 Å². The molecule has 0 atom stereocenters. The predicted molar refractivity (Wildman–Crippen MR) is 284 cm³/mol. The Balaban J connectivity index is 0.961. The molecule has 316 valence electrons. The van der Waals surface area contributed by atoms with Crippen molar-refractivity contribution in [2.24, 2.45) is 0 Å². The largest absolute Gasteiger partial charge is 0.310 e. The van der Waals surface area contributed by atoms with E-state index in [1.165, 1.54) is 99.0 Å². The fourth-order valence-corrected chi connectivity index (χ4v) is 11.2. The summed E-state index contributed by atoms with van der Waals surface area (Å²) in [6, 6.07) is 89.4. The van der Waals surface area contributed by atoms with Crippen molar-refractivity contribution in [1.82, 2.24) is 4.57 Å². The van der Waals surface area contributed by atoms with Gasteiger partial charge in [0.25, 0.3) is 0 Å². The molecule has 0 saturated carbocycles. The number of nitrogens with zero attached hydrogens (tertiary/aromatic N) is 2. The summed E-state index contributed by atoms with van der Waals surface area (Å²) in [5, 5.41) is 7.58. The lowest BCUT2D eigenvalue weighted by Gasteiger charge is -2.29. The van der Waals surface area contributed by atoms with Crippen LogP contribution in [0.15, 0.2) is 243 Å². The molecule has 1 aliphatic rings. The van der Waals surface area contributed by atoms with Crippen LogP contribution in [0.5, 0.6) is 0 Å². The van der Waals surface area contributed by atoms with Gasteiger partial charge in [-0.05, 0) is 126 Å². The van der Waals surface area contributed by atoms with Crippen molar-refractivity contribution < 1.29 is 0 Å². The summed E-state index contributed by atoms with van der Waals surface area (Å²) in [6.07, 6.45) is 0. The average Bonchev–Trinajstić information content (AvgIpc) is 3.85. The highest BCUT2D eigenvalue weighted by molar-refractivity contribution is 6.12. The highest BCUT2D eigenvalue weighted by Crippen LogP contribution is 2.54. The summed E-state index contributed by atoms with van der Waals surface area (Å²) in [5.41, 5.74) is 19.4. The summed E-state index contributed by atoms with van der Waals surface area (Å²) < 4.78 is 2.39. The number of hydrogen-bond donors (Lipinski definition) is 0. The Morgan fingerprint density at radius 1 is 0.343 bits per heavy atom. The molecule has 0 saturated heterocycles. The Hall–Kier alpha value is -8.46. The van der Waals surface area contributed by atoms with E-state index in [1.807, 2.05) is 0 Å². The smallest absolute Gasteiger partial charge is 0.0547 e. The van der Waals surface area contributed by atoms with E-state index in [-0.39, 0.29) is 5.41 Å². The van der Waals surface area contributed by atoms with Crippen LogP contribution >= 0.6 is 0 Å². The van der Waals surface area contributed by atoms with Crippen LogP contribution in [0.2, 0.25) is 0 Å². The molecule has 0 bridgehead atoms. The van der Waals surface area contributed by atoms with Gasteiger partial charge in [0.05, 0.1) is 16.7 Å². The molecule has 0 unspecified atom stereocenters. The lowest BCUT2D eigenvalue weighted by molar-refractivity contribution is 0.660. The number of anilines is 3. The Bertz CT molecular complexity index is 3870. The van der Waals surface area contributed by atoms with Gasteiger partial charge in [0.1, 0.15) is 0 Å². The van der Waals surface area contributed by atoms with Crippen LogP contribution in [0.1, 0.15) is 25.0 Å². The van der Waals surface area contributed by atoms with Gasteiger partial charge in [-0.25, -0.2) is 0 Å². The van der Waals surface area contributed by atoms with E-state index < -0.39 is 0 Å². The minimum Gasteiger partial charge on any atom is -0.310 e. The zero-order valence-electron chi connectivity index (χ0n) is 37.5. The molecule has 0 fully saturated rings. The maximum Gasteiger partial charge on any atom is 0.0547 e. The molecule has 1 heterocycles. The zero-order valence-corrected chi connectivity index (χ0v) is 37.5. The number of benzene rings is 11. The van der Waals surface area contributed by atoms with Crippen LogP contribution in [0.4, 0.5) is 17.1 Å². The summed E-state index contributed by atoms with van der Waals surface area (Å²) in [5.74, 6) is 0. The zero-order chi connectivity index (χ0) is 44.6. The second-order valence-electron chi connectivity index (χ2n) is 18.5. The first-order valence-electron chi connectivity index (χ1n) is 23.3. The fourth-order valence-electron chi connectivity index (χ4n) is 11.2. The molecule has 0 aliphatic heterocycles. The maximum absolute atomic E-state index is 2.45. The lowest BCUT2D eigenvalue weighted by atomic mass is 9.82. The van der Waals surface area contributed by atoms with Crippen molar-refractivity contribution >= 4 is 60.4 Å². The quantitative estimate of drug-likeness (QED) is 0.145. The molecule has 0 spiro atoms. The number of rotatable bonds is 7. The second kappa shape index (κ2) is 15.3. The van der Waals surface area contributed by atoms with E-state index in [0.717, 1.165) is 22.7 Å². The van der Waals surface area contributed by atoms with Crippen LogP contribution in [-0.2, 0) is 5.41 Å². The fraction of sp³-hybridized carbons (Fsp3) is 0.0462. The molecule has 0 N–H and O–H groups in total.